The maximum atomic E-state index is 12.5. The monoisotopic (exact) mass is 342 g/mol. The van der Waals surface area contributed by atoms with Gasteiger partial charge < -0.3 is 10.6 Å². The summed E-state index contributed by atoms with van der Waals surface area (Å²) in [5.41, 5.74) is 3.30. The van der Waals surface area contributed by atoms with Crippen molar-refractivity contribution in [2.45, 2.75) is 26.2 Å². The Morgan fingerprint density at radius 1 is 1.04 bits per heavy atom. The molecule has 1 aliphatic carbocycles. The smallest absolute Gasteiger partial charge is 0.228 e. The lowest BCUT2D eigenvalue weighted by Crippen LogP contribution is -2.16. The maximum Gasteiger partial charge on any atom is 0.228 e. The minimum absolute atomic E-state index is 0.0111. The SMILES string of the molecule is CC(=O)Nc1cccc(NC(=O)C2CC2c2ccccc2Cl)c1C. The molecule has 2 atom stereocenters. The van der Waals surface area contributed by atoms with Crippen LogP contribution in [0.4, 0.5) is 11.4 Å². The Kier molecular flexibility index (Phi) is 4.58. The van der Waals surface area contributed by atoms with Crippen molar-refractivity contribution >= 4 is 34.8 Å². The van der Waals surface area contributed by atoms with Crippen LogP contribution in [0, 0.1) is 12.8 Å². The first-order valence-corrected chi connectivity index (χ1v) is 8.27. The number of hydrogen-bond donors (Lipinski definition) is 2. The normalized spacial score (nSPS) is 18.8. The van der Waals surface area contributed by atoms with E-state index in [0.29, 0.717) is 10.7 Å². The molecule has 24 heavy (non-hydrogen) atoms. The van der Waals surface area contributed by atoms with Gasteiger partial charge in [0.25, 0.3) is 0 Å². The van der Waals surface area contributed by atoms with Gasteiger partial charge in [-0.2, -0.15) is 0 Å². The van der Waals surface area contributed by atoms with Gasteiger partial charge in [-0.15, -0.1) is 0 Å². The van der Waals surface area contributed by atoms with Gasteiger partial charge in [0.15, 0.2) is 0 Å². The fraction of sp³-hybridized carbons (Fsp3) is 0.263. The number of benzene rings is 2. The molecule has 0 radical (unpaired) electrons. The van der Waals surface area contributed by atoms with Crippen LogP contribution in [-0.4, -0.2) is 11.8 Å². The van der Waals surface area contributed by atoms with Crippen molar-refractivity contribution < 1.29 is 9.59 Å². The fourth-order valence-electron chi connectivity index (χ4n) is 2.93. The van der Waals surface area contributed by atoms with Gasteiger partial charge in [0.05, 0.1) is 0 Å². The molecular weight excluding hydrogens is 324 g/mol. The molecule has 3 rings (SSSR count). The predicted molar refractivity (Wildman–Crippen MR) is 96.4 cm³/mol. The summed E-state index contributed by atoms with van der Waals surface area (Å²) in [6.07, 6.45) is 0.806. The average Bonchev–Trinajstić information content (AvgIpc) is 3.32. The highest BCUT2D eigenvalue weighted by Gasteiger charge is 2.44. The predicted octanol–water partition coefficient (Wildman–Crippen LogP) is 4.35. The van der Waals surface area contributed by atoms with Crippen LogP contribution in [0.15, 0.2) is 42.5 Å². The molecule has 4 nitrogen and oxygen atoms in total. The Hall–Kier alpha value is -2.33. The van der Waals surface area contributed by atoms with Crippen molar-refractivity contribution in [3.8, 4) is 0 Å². The molecule has 1 saturated carbocycles. The molecule has 2 unspecified atom stereocenters. The summed E-state index contributed by atoms with van der Waals surface area (Å²) in [5, 5.41) is 6.45. The van der Waals surface area contributed by atoms with Gasteiger partial charge in [-0.25, -0.2) is 0 Å². The van der Waals surface area contributed by atoms with Crippen molar-refractivity contribution in [2.24, 2.45) is 5.92 Å². The first-order chi connectivity index (χ1) is 11.5. The van der Waals surface area contributed by atoms with Crippen molar-refractivity contribution in [1.29, 1.82) is 0 Å². The molecule has 5 heteroatoms. The fourth-order valence-corrected chi connectivity index (χ4v) is 3.20. The number of rotatable bonds is 4. The molecule has 2 aromatic carbocycles. The van der Waals surface area contributed by atoms with E-state index < -0.39 is 0 Å². The zero-order valence-electron chi connectivity index (χ0n) is 13.6. The van der Waals surface area contributed by atoms with Crippen molar-refractivity contribution in [2.75, 3.05) is 10.6 Å². The van der Waals surface area contributed by atoms with Crippen LogP contribution >= 0.6 is 11.6 Å². The molecule has 0 bridgehead atoms. The van der Waals surface area contributed by atoms with Gasteiger partial charge in [0, 0.05) is 29.2 Å². The highest BCUT2D eigenvalue weighted by Crippen LogP contribution is 2.50. The third-order valence-electron chi connectivity index (χ3n) is 4.33. The van der Waals surface area contributed by atoms with E-state index in [9.17, 15) is 9.59 Å². The number of nitrogens with one attached hydrogen (secondary N) is 2. The summed E-state index contributed by atoms with van der Waals surface area (Å²) in [6.45, 7) is 3.34. The molecule has 0 aromatic heterocycles. The van der Waals surface area contributed by atoms with E-state index >= 15 is 0 Å². The number of halogens is 1. The number of carbonyl (C=O) groups excluding carboxylic acids is 2. The molecule has 2 aromatic rings. The summed E-state index contributed by atoms with van der Waals surface area (Å²) in [5.74, 6) is -0.0307. The van der Waals surface area contributed by atoms with Crippen molar-refractivity contribution in [1.82, 2.24) is 0 Å². The van der Waals surface area contributed by atoms with Gasteiger partial charge >= 0.3 is 0 Å². The lowest BCUT2D eigenvalue weighted by atomic mass is 10.1. The second kappa shape index (κ2) is 6.65. The summed E-state index contributed by atoms with van der Waals surface area (Å²) < 4.78 is 0. The van der Waals surface area contributed by atoms with Crippen LogP contribution in [0.5, 0.6) is 0 Å². The van der Waals surface area contributed by atoms with E-state index in [0.717, 1.165) is 23.2 Å². The molecule has 1 aliphatic rings. The minimum atomic E-state index is -0.137. The van der Waals surface area contributed by atoms with E-state index in [4.69, 9.17) is 11.6 Å². The Morgan fingerprint density at radius 3 is 2.38 bits per heavy atom. The lowest BCUT2D eigenvalue weighted by molar-refractivity contribution is -0.117. The van der Waals surface area contributed by atoms with E-state index in [1.54, 1.807) is 0 Å². The van der Waals surface area contributed by atoms with Crippen molar-refractivity contribution in [3.63, 3.8) is 0 Å². The van der Waals surface area contributed by atoms with Crippen LogP contribution < -0.4 is 10.6 Å². The molecular formula is C19H19ClN2O2. The number of amides is 2. The van der Waals surface area contributed by atoms with Gasteiger partial charge in [-0.3, -0.25) is 9.59 Å². The van der Waals surface area contributed by atoms with E-state index in [1.165, 1.54) is 6.92 Å². The van der Waals surface area contributed by atoms with Gasteiger partial charge in [0.1, 0.15) is 0 Å². The molecule has 2 amide bonds. The summed E-state index contributed by atoms with van der Waals surface area (Å²) in [6, 6.07) is 13.1. The zero-order valence-corrected chi connectivity index (χ0v) is 14.4. The molecule has 124 valence electrons. The number of anilines is 2. The molecule has 1 fully saturated rings. The van der Waals surface area contributed by atoms with E-state index in [2.05, 4.69) is 10.6 Å². The third-order valence-corrected chi connectivity index (χ3v) is 4.68. The second-order valence-electron chi connectivity index (χ2n) is 6.12. The Labute approximate surface area is 146 Å². The minimum Gasteiger partial charge on any atom is -0.326 e. The highest BCUT2D eigenvalue weighted by molar-refractivity contribution is 6.31. The second-order valence-corrected chi connectivity index (χ2v) is 6.53. The molecule has 0 heterocycles. The zero-order chi connectivity index (χ0) is 17.3. The quantitative estimate of drug-likeness (QED) is 0.867. The Morgan fingerprint density at radius 2 is 1.71 bits per heavy atom. The van der Waals surface area contributed by atoms with Crippen LogP contribution in [0.1, 0.15) is 30.4 Å². The number of hydrogen-bond acceptors (Lipinski definition) is 2. The van der Waals surface area contributed by atoms with E-state index in [1.807, 2.05) is 49.4 Å². The lowest BCUT2D eigenvalue weighted by Gasteiger charge is -2.13. The summed E-state index contributed by atoms with van der Waals surface area (Å²) in [7, 11) is 0. The highest BCUT2D eigenvalue weighted by atomic mass is 35.5. The molecule has 0 saturated heterocycles. The summed E-state index contributed by atoms with van der Waals surface area (Å²) in [4.78, 5) is 23.8. The molecule has 2 N–H and O–H groups in total. The molecule has 0 spiro atoms. The first kappa shape index (κ1) is 16.5. The van der Waals surface area contributed by atoms with Crippen LogP contribution in [0.25, 0.3) is 0 Å². The van der Waals surface area contributed by atoms with Crippen LogP contribution in [-0.2, 0) is 9.59 Å². The van der Waals surface area contributed by atoms with E-state index in [-0.39, 0.29) is 23.7 Å². The standard InChI is InChI=1S/C19H19ClN2O2/c1-11-17(21-12(2)23)8-5-9-18(11)22-19(24)15-10-14(15)13-6-3-4-7-16(13)20/h3-9,14-15H,10H2,1-2H3,(H,21,23)(H,22,24). The third kappa shape index (κ3) is 3.44. The number of carbonyl (C=O) groups is 2. The van der Waals surface area contributed by atoms with Crippen molar-refractivity contribution in [3.05, 3.63) is 58.6 Å². The van der Waals surface area contributed by atoms with Gasteiger partial charge in [-0.1, -0.05) is 35.9 Å². The van der Waals surface area contributed by atoms with Crippen LogP contribution in [0.3, 0.4) is 0 Å². The Bertz CT molecular complexity index is 804. The van der Waals surface area contributed by atoms with Crippen LogP contribution in [0.2, 0.25) is 5.02 Å². The average molecular weight is 343 g/mol. The first-order valence-electron chi connectivity index (χ1n) is 7.90. The largest absolute Gasteiger partial charge is 0.326 e. The topological polar surface area (TPSA) is 58.2 Å². The van der Waals surface area contributed by atoms with Gasteiger partial charge in [0.2, 0.25) is 11.8 Å². The Balaban J connectivity index is 1.71. The summed E-state index contributed by atoms with van der Waals surface area (Å²) >= 11 is 6.21. The molecule has 0 aliphatic heterocycles. The van der Waals surface area contributed by atoms with Gasteiger partial charge in [-0.05, 0) is 48.6 Å². The maximum absolute atomic E-state index is 12.5.